The predicted octanol–water partition coefficient (Wildman–Crippen LogP) is 3.87. The van der Waals surface area contributed by atoms with Crippen molar-refractivity contribution in [3.05, 3.63) is 69.7 Å². The number of amides is 1. The molecule has 0 fully saturated rings. The summed E-state index contributed by atoms with van der Waals surface area (Å²) in [5, 5.41) is 1.24. The highest BCUT2D eigenvalue weighted by Crippen LogP contribution is 2.23. The SMILES string of the molecule is NC(=O)CCN(Cc1ccccc1)Cc1ccc(Cl)cc1Cl. The average Bonchev–Trinajstić information content (AvgIpc) is 2.48. The number of benzene rings is 2. The molecule has 1 amide bonds. The Bertz CT molecular complexity index is 632. The van der Waals surface area contributed by atoms with Crippen molar-refractivity contribution in [2.24, 2.45) is 5.73 Å². The Morgan fingerprint density at radius 2 is 1.77 bits per heavy atom. The first-order valence-corrected chi connectivity index (χ1v) is 7.78. The van der Waals surface area contributed by atoms with Crippen molar-refractivity contribution in [1.29, 1.82) is 0 Å². The molecule has 3 nitrogen and oxygen atoms in total. The zero-order valence-corrected chi connectivity index (χ0v) is 13.6. The van der Waals surface area contributed by atoms with Crippen LogP contribution in [0.2, 0.25) is 10.0 Å². The highest BCUT2D eigenvalue weighted by molar-refractivity contribution is 6.35. The van der Waals surface area contributed by atoms with Gasteiger partial charge in [0, 0.05) is 36.1 Å². The Balaban J connectivity index is 2.11. The predicted molar refractivity (Wildman–Crippen MR) is 90.8 cm³/mol. The van der Waals surface area contributed by atoms with Crippen molar-refractivity contribution in [3.63, 3.8) is 0 Å². The fraction of sp³-hybridized carbons (Fsp3) is 0.235. The second-order valence-corrected chi connectivity index (χ2v) is 5.99. The molecule has 0 aliphatic carbocycles. The Hall–Kier alpha value is -1.55. The van der Waals surface area contributed by atoms with Crippen LogP contribution in [0.1, 0.15) is 17.5 Å². The van der Waals surface area contributed by atoms with Gasteiger partial charge in [0.1, 0.15) is 0 Å². The fourth-order valence-corrected chi connectivity index (χ4v) is 2.68. The molecule has 0 heterocycles. The lowest BCUT2D eigenvalue weighted by atomic mass is 10.1. The highest BCUT2D eigenvalue weighted by atomic mass is 35.5. The smallest absolute Gasteiger partial charge is 0.218 e. The van der Waals surface area contributed by atoms with Crippen LogP contribution in [-0.4, -0.2) is 17.4 Å². The number of hydrogen-bond donors (Lipinski definition) is 1. The summed E-state index contributed by atoms with van der Waals surface area (Å²) in [5.41, 5.74) is 7.42. The number of nitrogens with two attached hydrogens (primary N) is 1. The third-order valence-corrected chi connectivity index (χ3v) is 3.92. The van der Waals surface area contributed by atoms with Crippen LogP contribution < -0.4 is 5.73 Å². The number of rotatable bonds is 7. The van der Waals surface area contributed by atoms with Gasteiger partial charge in [-0.05, 0) is 23.3 Å². The molecule has 0 unspecified atom stereocenters. The van der Waals surface area contributed by atoms with Gasteiger partial charge in [0.2, 0.25) is 5.91 Å². The number of primary amides is 1. The second kappa shape index (κ2) is 8.18. The monoisotopic (exact) mass is 336 g/mol. The third kappa shape index (κ3) is 5.34. The van der Waals surface area contributed by atoms with E-state index in [1.165, 1.54) is 5.56 Å². The minimum atomic E-state index is -0.305. The standard InChI is InChI=1S/C17H18Cl2N2O/c18-15-7-6-14(16(19)10-15)12-21(9-8-17(20)22)11-13-4-2-1-3-5-13/h1-7,10H,8-9,11-12H2,(H2,20,22). The molecule has 0 saturated heterocycles. The van der Waals surface area contributed by atoms with Crippen LogP contribution >= 0.6 is 23.2 Å². The van der Waals surface area contributed by atoms with E-state index in [0.717, 1.165) is 12.1 Å². The van der Waals surface area contributed by atoms with Crippen molar-refractivity contribution in [2.75, 3.05) is 6.54 Å². The van der Waals surface area contributed by atoms with Crippen LogP contribution in [0.15, 0.2) is 48.5 Å². The lowest BCUT2D eigenvalue weighted by molar-refractivity contribution is -0.118. The summed E-state index contributed by atoms with van der Waals surface area (Å²) in [6.07, 6.45) is 0.318. The van der Waals surface area contributed by atoms with Gasteiger partial charge < -0.3 is 5.73 Å². The summed E-state index contributed by atoms with van der Waals surface area (Å²) in [6.45, 7) is 1.95. The van der Waals surface area contributed by atoms with Gasteiger partial charge in [-0.2, -0.15) is 0 Å². The minimum Gasteiger partial charge on any atom is -0.370 e. The molecule has 2 aromatic carbocycles. The van der Waals surface area contributed by atoms with E-state index in [9.17, 15) is 4.79 Å². The van der Waals surface area contributed by atoms with Crippen LogP contribution in [0.25, 0.3) is 0 Å². The van der Waals surface area contributed by atoms with Crippen molar-refractivity contribution >= 4 is 29.1 Å². The number of halogens is 2. The van der Waals surface area contributed by atoms with Gasteiger partial charge in [-0.15, -0.1) is 0 Å². The normalized spacial score (nSPS) is 10.9. The van der Waals surface area contributed by atoms with Gasteiger partial charge in [0.15, 0.2) is 0 Å². The molecule has 22 heavy (non-hydrogen) atoms. The molecule has 0 aliphatic rings. The van der Waals surface area contributed by atoms with E-state index in [1.807, 2.05) is 30.3 Å². The maximum Gasteiger partial charge on any atom is 0.218 e. The van der Waals surface area contributed by atoms with Crippen LogP contribution in [0.5, 0.6) is 0 Å². The Morgan fingerprint density at radius 3 is 2.41 bits per heavy atom. The molecule has 0 aliphatic heterocycles. The summed E-state index contributed by atoms with van der Waals surface area (Å²) < 4.78 is 0. The average molecular weight is 337 g/mol. The number of carbonyl (C=O) groups excluding carboxylic acids is 1. The van der Waals surface area contributed by atoms with Crippen molar-refractivity contribution < 1.29 is 4.79 Å². The van der Waals surface area contributed by atoms with Crippen LogP contribution in [0, 0.1) is 0 Å². The topological polar surface area (TPSA) is 46.3 Å². The molecule has 0 saturated carbocycles. The first-order chi connectivity index (χ1) is 10.5. The number of hydrogen-bond acceptors (Lipinski definition) is 2. The molecule has 116 valence electrons. The molecule has 5 heteroatoms. The Labute approximate surface area is 140 Å². The molecular formula is C17H18Cl2N2O. The molecule has 0 atom stereocenters. The minimum absolute atomic E-state index is 0.305. The fourth-order valence-electron chi connectivity index (χ4n) is 2.21. The Kier molecular flexibility index (Phi) is 6.25. The maximum absolute atomic E-state index is 11.1. The van der Waals surface area contributed by atoms with E-state index in [1.54, 1.807) is 6.07 Å². The first-order valence-electron chi connectivity index (χ1n) is 7.03. The van der Waals surface area contributed by atoms with Gasteiger partial charge in [0.25, 0.3) is 0 Å². The van der Waals surface area contributed by atoms with E-state index >= 15 is 0 Å². The van der Waals surface area contributed by atoms with Gasteiger partial charge >= 0.3 is 0 Å². The molecule has 2 N–H and O–H groups in total. The zero-order chi connectivity index (χ0) is 15.9. The van der Waals surface area contributed by atoms with Gasteiger partial charge in [-0.1, -0.05) is 59.6 Å². The largest absolute Gasteiger partial charge is 0.370 e. The van der Waals surface area contributed by atoms with Crippen LogP contribution in [0.3, 0.4) is 0 Å². The third-order valence-electron chi connectivity index (χ3n) is 3.33. The number of carbonyl (C=O) groups is 1. The van der Waals surface area contributed by atoms with E-state index in [4.69, 9.17) is 28.9 Å². The van der Waals surface area contributed by atoms with Gasteiger partial charge in [-0.3, -0.25) is 9.69 Å². The van der Waals surface area contributed by atoms with Crippen LogP contribution in [0.4, 0.5) is 0 Å². The molecule has 0 spiro atoms. The molecule has 0 radical (unpaired) electrons. The quantitative estimate of drug-likeness (QED) is 0.834. The number of nitrogens with zero attached hydrogens (tertiary/aromatic N) is 1. The van der Waals surface area contributed by atoms with E-state index in [-0.39, 0.29) is 5.91 Å². The van der Waals surface area contributed by atoms with E-state index in [0.29, 0.717) is 29.6 Å². The summed E-state index contributed by atoms with van der Waals surface area (Å²) in [4.78, 5) is 13.2. The van der Waals surface area contributed by atoms with E-state index < -0.39 is 0 Å². The lowest BCUT2D eigenvalue weighted by Crippen LogP contribution is -2.27. The summed E-state index contributed by atoms with van der Waals surface area (Å²) in [6, 6.07) is 15.5. The molecule has 2 rings (SSSR count). The second-order valence-electron chi connectivity index (χ2n) is 5.15. The molecule has 0 bridgehead atoms. The van der Waals surface area contributed by atoms with Gasteiger partial charge in [0.05, 0.1) is 0 Å². The highest BCUT2D eigenvalue weighted by Gasteiger charge is 2.11. The zero-order valence-electron chi connectivity index (χ0n) is 12.1. The summed E-state index contributed by atoms with van der Waals surface area (Å²) >= 11 is 12.2. The van der Waals surface area contributed by atoms with Crippen molar-refractivity contribution in [2.45, 2.75) is 19.5 Å². The van der Waals surface area contributed by atoms with Crippen molar-refractivity contribution in [3.8, 4) is 0 Å². The lowest BCUT2D eigenvalue weighted by Gasteiger charge is -2.22. The summed E-state index contributed by atoms with van der Waals surface area (Å²) in [7, 11) is 0. The summed E-state index contributed by atoms with van der Waals surface area (Å²) in [5.74, 6) is -0.305. The van der Waals surface area contributed by atoms with Crippen molar-refractivity contribution in [1.82, 2.24) is 4.90 Å². The van der Waals surface area contributed by atoms with Gasteiger partial charge in [-0.25, -0.2) is 0 Å². The molecule has 2 aromatic rings. The molecule has 0 aromatic heterocycles. The Morgan fingerprint density at radius 1 is 1.05 bits per heavy atom. The molecular weight excluding hydrogens is 319 g/mol. The maximum atomic E-state index is 11.1. The van der Waals surface area contributed by atoms with E-state index in [2.05, 4.69) is 17.0 Å². The first kappa shape index (κ1) is 16.8. The van der Waals surface area contributed by atoms with Crippen LogP contribution in [-0.2, 0) is 17.9 Å².